The van der Waals surface area contributed by atoms with Crippen LogP contribution in [0.2, 0.25) is 0 Å². The summed E-state index contributed by atoms with van der Waals surface area (Å²) in [5.74, 6) is 1.51. The average molecular weight is 498 g/mol. The maximum atomic E-state index is 11.8. The first kappa shape index (κ1) is 23.9. The summed E-state index contributed by atoms with van der Waals surface area (Å²) in [6.07, 6.45) is 1.24. The highest BCUT2D eigenvalue weighted by Crippen LogP contribution is 2.31. The number of fused-ring (bicyclic) bond motifs is 1. The fourth-order valence-electron chi connectivity index (χ4n) is 4.68. The topological polar surface area (TPSA) is 97.8 Å². The molecule has 0 N–H and O–H groups in total. The number of morpholine rings is 2. The number of sulfone groups is 1. The van der Waals surface area contributed by atoms with Crippen molar-refractivity contribution in [3.05, 3.63) is 42.0 Å². The molecule has 0 spiro atoms. The highest BCUT2D eigenvalue weighted by atomic mass is 32.2. The smallest absolute Gasteiger partial charge is 0.229 e. The molecule has 2 fully saturated rings. The SMILES string of the molecule is C[C@H]1COCCN1c1nc(N2CCOC[C@@H]2C)c2ccc(-c3cccc(CS(C)(=O)=O)c3)nc2n1. The summed E-state index contributed by atoms with van der Waals surface area (Å²) in [6.45, 7) is 8.28. The van der Waals surface area contributed by atoms with E-state index in [1.54, 1.807) is 0 Å². The third-order valence-electron chi connectivity index (χ3n) is 6.44. The summed E-state index contributed by atoms with van der Waals surface area (Å²) in [5.41, 5.74) is 2.95. The van der Waals surface area contributed by atoms with Crippen molar-refractivity contribution in [2.24, 2.45) is 0 Å². The van der Waals surface area contributed by atoms with Crippen molar-refractivity contribution in [1.82, 2.24) is 15.0 Å². The lowest BCUT2D eigenvalue weighted by Gasteiger charge is -2.37. The fourth-order valence-corrected chi connectivity index (χ4v) is 5.47. The van der Waals surface area contributed by atoms with Gasteiger partial charge in [-0.1, -0.05) is 18.2 Å². The van der Waals surface area contributed by atoms with Crippen LogP contribution in [0.5, 0.6) is 0 Å². The lowest BCUT2D eigenvalue weighted by Crippen LogP contribution is -2.46. The molecule has 2 aromatic heterocycles. The summed E-state index contributed by atoms with van der Waals surface area (Å²) in [4.78, 5) is 19.3. The summed E-state index contributed by atoms with van der Waals surface area (Å²) in [7, 11) is -3.13. The second-order valence-electron chi connectivity index (χ2n) is 9.42. The minimum absolute atomic E-state index is 0.00523. The van der Waals surface area contributed by atoms with E-state index in [1.807, 2.05) is 36.4 Å². The number of aromatic nitrogens is 3. The molecule has 5 rings (SSSR count). The summed E-state index contributed by atoms with van der Waals surface area (Å²) in [6, 6.07) is 11.8. The Balaban J connectivity index is 1.61. The minimum atomic E-state index is -3.13. The van der Waals surface area contributed by atoms with Gasteiger partial charge in [-0.05, 0) is 37.6 Å². The van der Waals surface area contributed by atoms with Gasteiger partial charge in [-0.2, -0.15) is 9.97 Å². The van der Waals surface area contributed by atoms with Crippen molar-refractivity contribution in [2.75, 3.05) is 55.6 Å². The van der Waals surface area contributed by atoms with Gasteiger partial charge in [0, 0.05) is 24.9 Å². The van der Waals surface area contributed by atoms with Crippen molar-refractivity contribution in [1.29, 1.82) is 0 Å². The highest BCUT2D eigenvalue weighted by molar-refractivity contribution is 7.89. The van der Waals surface area contributed by atoms with Crippen LogP contribution in [0.4, 0.5) is 11.8 Å². The molecule has 2 atom stereocenters. The predicted octanol–water partition coefficient (Wildman–Crippen LogP) is 2.69. The molecule has 186 valence electrons. The summed E-state index contributed by atoms with van der Waals surface area (Å²) >= 11 is 0. The van der Waals surface area contributed by atoms with Gasteiger partial charge < -0.3 is 19.3 Å². The van der Waals surface area contributed by atoms with E-state index in [9.17, 15) is 8.42 Å². The molecule has 0 amide bonds. The Morgan fingerprint density at radius 2 is 1.66 bits per heavy atom. The number of nitrogens with zero attached hydrogens (tertiary/aromatic N) is 5. The van der Waals surface area contributed by atoms with Crippen molar-refractivity contribution in [3.63, 3.8) is 0 Å². The molecule has 1 aromatic carbocycles. The van der Waals surface area contributed by atoms with Crippen LogP contribution in [0.1, 0.15) is 19.4 Å². The molecule has 9 nitrogen and oxygen atoms in total. The normalized spacial score (nSPS) is 21.5. The second-order valence-corrected chi connectivity index (χ2v) is 11.6. The van der Waals surface area contributed by atoms with Crippen LogP contribution in [-0.4, -0.2) is 81.2 Å². The maximum Gasteiger partial charge on any atom is 0.229 e. The maximum absolute atomic E-state index is 11.8. The Kier molecular flexibility index (Phi) is 6.61. The van der Waals surface area contributed by atoms with Crippen molar-refractivity contribution in [2.45, 2.75) is 31.7 Å². The Hall–Kier alpha value is -2.82. The third-order valence-corrected chi connectivity index (χ3v) is 7.30. The Bertz CT molecular complexity index is 1330. The standard InChI is InChI=1S/C25H31N5O4S/c1-17-14-33-11-9-29(17)24-21-7-8-22(20-6-4-5-19(13-20)16-35(3,31)32)26-23(21)27-25(28-24)30-10-12-34-15-18(30)2/h4-8,13,17-18H,9-12,14-16H2,1-3H3/t17-,18-/m0/s1. The van der Waals surface area contributed by atoms with E-state index in [-0.39, 0.29) is 17.8 Å². The first-order valence-corrected chi connectivity index (χ1v) is 14.0. The van der Waals surface area contributed by atoms with Crippen LogP contribution in [0.3, 0.4) is 0 Å². The number of anilines is 2. The van der Waals surface area contributed by atoms with Crippen LogP contribution >= 0.6 is 0 Å². The van der Waals surface area contributed by atoms with Crippen molar-refractivity contribution >= 4 is 32.6 Å². The molecule has 3 aromatic rings. The van der Waals surface area contributed by atoms with Gasteiger partial charge in [0.15, 0.2) is 15.5 Å². The van der Waals surface area contributed by atoms with E-state index < -0.39 is 9.84 Å². The first-order valence-electron chi connectivity index (χ1n) is 11.9. The van der Waals surface area contributed by atoms with E-state index in [0.29, 0.717) is 38.0 Å². The molecule has 4 heterocycles. The zero-order chi connectivity index (χ0) is 24.6. The Labute approximate surface area is 206 Å². The molecule has 0 bridgehead atoms. The predicted molar refractivity (Wildman–Crippen MR) is 137 cm³/mol. The number of hydrogen-bond acceptors (Lipinski definition) is 9. The van der Waals surface area contributed by atoms with E-state index >= 15 is 0 Å². The van der Waals surface area contributed by atoms with Gasteiger partial charge >= 0.3 is 0 Å². The minimum Gasteiger partial charge on any atom is -0.377 e. The zero-order valence-corrected chi connectivity index (χ0v) is 21.2. The highest BCUT2D eigenvalue weighted by Gasteiger charge is 2.27. The van der Waals surface area contributed by atoms with E-state index in [2.05, 4.69) is 23.6 Å². The molecule has 2 aliphatic rings. The quantitative estimate of drug-likeness (QED) is 0.527. The lowest BCUT2D eigenvalue weighted by molar-refractivity contribution is 0.0973. The fraction of sp³-hybridized carbons (Fsp3) is 0.480. The van der Waals surface area contributed by atoms with Crippen LogP contribution in [-0.2, 0) is 25.1 Å². The molecule has 2 saturated heterocycles. The number of hydrogen-bond donors (Lipinski definition) is 0. The number of ether oxygens (including phenoxy) is 2. The van der Waals surface area contributed by atoms with E-state index in [4.69, 9.17) is 24.4 Å². The number of pyridine rings is 1. The molecule has 0 aliphatic carbocycles. The zero-order valence-electron chi connectivity index (χ0n) is 20.3. The van der Waals surface area contributed by atoms with Gasteiger partial charge in [-0.25, -0.2) is 13.4 Å². The Morgan fingerprint density at radius 1 is 0.943 bits per heavy atom. The molecule has 0 saturated carbocycles. The van der Waals surface area contributed by atoms with Gasteiger partial charge in [0.1, 0.15) is 5.82 Å². The largest absolute Gasteiger partial charge is 0.377 e. The van der Waals surface area contributed by atoms with Gasteiger partial charge in [-0.3, -0.25) is 0 Å². The average Bonchev–Trinajstić information content (AvgIpc) is 2.83. The summed E-state index contributed by atoms with van der Waals surface area (Å²) in [5, 5.41) is 0.888. The molecule has 0 radical (unpaired) electrons. The molecule has 35 heavy (non-hydrogen) atoms. The van der Waals surface area contributed by atoms with E-state index in [1.165, 1.54) is 6.26 Å². The lowest BCUT2D eigenvalue weighted by atomic mass is 10.1. The molecule has 0 unspecified atom stereocenters. The van der Waals surface area contributed by atoms with Crippen LogP contribution in [0.15, 0.2) is 36.4 Å². The Morgan fingerprint density at radius 3 is 2.34 bits per heavy atom. The monoisotopic (exact) mass is 497 g/mol. The number of rotatable bonds is 5. The van der Waals surface area contributed by atoms with Gasteiger partial charge in [0.05, 0.1) is 55.3 Å². The second kappa shape index (κ2) is 9.67. The summed E-state index contributed by atoms with van der Waals surface area (Å²) < 4.78 is 34.9. The first-order chi connectivity index (χ1) is 16.8. The van der Waals surface area contributed by atoms with Crippen molar-refractivity contribution in [3.8, 4) is 11.3 Å². The molecule has 2 aliphatic heterocycles. The molecular formula is C25H31N5O4S. The van der Waals surface area contributed by atoms with Gasteiger partial charge in [0.25, 0.3) is 0 Å². The van der Waals surface area contributed by atoms with Crippen molar-refractivity contribution < 1.29 is 17.9 Å². The van der Waals surface area contributed by atoms with Crippen LogP contribution < -0.4 is 9.80 Å². The van der Waals surface area contributed by atoms with Crippen LogP contribution in [0.25, 0.3) is 22.3 Å². The third kappa shape index (κ3) is 5.24. The van der Waals surface area contributed by atoms with Gasteiger partial charge in [0.2, 0.25) is 5.95 Å². The van der Waals surface area contributed by atoms with E-state index in [0.717, 1.165) is 41.1 Å². The molecular weight excluding hydrogens is 466 g/mol. The molecule has 10 heteroatoms. The number of benzene rings is 1. The van der Waals surface area contributed by atoms with Crippen LogP contribution in [0, 0.1) is 0 Å². The van der Waals surface area contributed by atoms with Gasteiger partial charge in [-0.15, -0.1) is 0 Å².